The Hall–Kier alpha value is 0.0600. The van der Waals surface area contributed by atoms with Crippen molar-refractivity contribution in [1.82, 2.24) is 5.32 Å². The molecule has 3 unspecified atom stereocenters. The summed E-state index contributed by atoms with van der Waals surface area (Å²) < 4.78 is 2.04. The summed E-state index contributed by atoms with van der Waals surface area (Å²) in [5.41, 5.74) is 6.97. The van der Waals surface area contributed by atoms with E-state index in [4.69, 9.17) is 10.8 Å². The van der Waals surface area contributed by atoms with E-state index >= 15 is 0 Å². The van der Waals surface area contributed by atoms with Crippen molar-refractivity contribution in [2.24, 2.45) is 11.7 Å². The summed E-state index contributed by atoms with van der Waals surface area (Å²) in [6.45, 7) is 4.78. The minimum Gasteiger partial charge on any atom is -0.396 e. The molecule has 5 heteroatoms. The molecule has 1 aromatic carbocycles. The first kappa shape index (κ1) is 16.1. The van der Waals surface area contributed by atoms with Crippen molar-refractivity contribution < 1.29 is 5.11 Å². The SMILES string of the molecule is CC(CO)C(C)NC(CN)c1ccc(Br)c(Br)c1. The smallest absolute Gasteiger partial charge is 0.0471 e. The second-order valence-electron chi connectivity index (χ2n) is 4.58. The lowest BCUT2D eigenvalue weighted by molar-refractivity contribution is 0.201. The number of hydrogen-bond donors (Lipinski definition) is 3. The minimum absolute atomic E-state index is 0.0957. The maximum Gasteiger partial charge on any atom is 0.0471 e. The fraction of sp³-hybridized carbons (Fsp3) is 0.538. The van der Waals surface area contributed by atoms with Crippen LogP contribution in [0.3, 0.4) is 0 Å². The van der Waals surface area contributed by atoms with Crippen molar-refractivity contribution in [3.05, 3.63) is 32.7 Å². The number of nitrogens with one attached hydrogen (secondary N) is 1. The predicted molar refractivity (Wildman–Crippen MR) is 82.5 cm³/mol. The van der Waals surface area contributed by atoms with Gasteiger partial charge in [-0.25, -0.2) is 0 Å². The molecule has 0 radical (unpaired) electrons. The summed E-state index contributed by atoms with van der Waals surface area (Å²) >= 11 is 6.95. The van der Waals surface area contributed by atoms with E-state index in [1.807, 2.05) is 13.0 Å². The third-order valence-corrected chi connectivity index (χ3v) is 5.07. The van der Waals surface area contributed by atoms with Gasteiger partial charge in [0.2, 0.25) is 0 Å². The Morgan fingerprint density at radius 2 is 1.94 bits per heavy atom. The molecule has 1 aromatic rings. The first-order valence-electron chi connectivity index (χ1n) is 6.01. The van der Waals surface area contributed by atoms with Gasteiger partial charge in [0.1, 0.15) is 0 Å². The van der Waals surface area contributed by atoms with E-state index < -0.39 is 0 Å². The number of hydrogen-bond acceptors (Lipinski definition) is 3. The van der Waals surface area contributed by atoms with Gasteiger partial charge in [-0.2, -0.15) is 0 Å². The van der Waals surface area contributed by atoms with Gasteiger partial charge < -0.3 is 16.2 Å². The molecule has 0 aliphatic heterocycles. The maximum atomic E-state index is 9.16. The Bertz CT molecular complexity index is 387. The van der Waals surface area contributed by atoms with E-state index in [9.17, 15) is 0 Å². The summed E-state index contributed by atoms with van der Waals surface area (Å²) in [6.07, 6.45) is 0. The monoisotopic (exact) mass is 378 g/mol. The number of nitrogens with two attached hydrogens (primary N) is 1. The molecule has 0 aliphatic rings. The van der Waals surface area contributed by atoms with Crippen LogP contribution in [0.5, 0.6) is 0 Å². The zero-order chi connectivity index (χ0) is 13.7. The van der Waals surface area contributed by atoms with Crippen LogP contribution in [0.1, 0.15) is 25.5 Å². The molecule has 102 valence electrons. The van der Waals surface area contributed by atoms with E-state index in [0.29, 0.717) is 6.54 Å². The lowest BCUT2D eigenvalue weighted by atomic mass is 10.0. The van der Waals surface area contributed by atoms with Crippen molar-refractivity contribution in [2.45, 2.75) is 25.9 Å². The first-order chi connectivity index (χ1) is 8.49. The highest BCUT2D eigenvalue weighted by Crippen LogP contribution is 2.26. The van der Waals surface area contributed by atoms with Crippen molar-refractivity contribution in [3.8, 4) is 0 Å². The van der Waals surface area contributed by atoms with E-state index in [2.05, 4.69) is 56.2 Å². The van der Waals surface area contributed by atoms with Gasteiger partial charge >= 0.3 is 0 Å². The Labute approximate surface area is 125 Å². The standard InChI is InChI=1S/C13H20Br2N2O/c1-8(7-18)9(2)17-13(6-16)10-3-4-11(14)12(15)5-10/h3-5,8-9,13,17-18H,6-7,16H2,1-2H3. The predicted octanol–water partition coefficient (Wildman–Crippen LogP) is 2.82. The maximum absolute atomic E-state index is 9.16. The highest BCUT2D eigenvalue weighted by atomic mass is 79.9. The average Bonchev–Trinajstić information content (AvgIpc) is 2.38. The molecule has 0 aromatic heterocycles. The van der Waals surface area contributed by atoms with E-state index in [-0.39, 0.29) is 24.6 Å². The van der Waals surface area contributed by atoms with Gasteiger partial charge in [-0.05, 0) is 62.4 Å². The van der Waals surface area contributed by atoms with Crippen LogP contribution < -0.4 is 11.1 Å². The third kappa shape index (κ3) is 4.31. The topological polar surface area (TPSA) is 58.3 Å². The van der Waals surface area contributed by atoms with Crippen molar-refractivity contribution in [2.75, 3.05) is 13.2 Å². The summed E-state index contributed by atoms with van der Waals surface area (Å²) in [5.74, 6) is 0.206. The summed E-state index contributed by atoms with van der Waals surface area (Å²) in [6, 6.07) is 6.43. The second-order valence-corrected chi connectivity index (χ2v) is 6.29. The Balaban J connectivity index is 2.79. The highest BCUT2D eigenvalue weighted by Gasteiger charge is 2.17. The minimum atomic E-state index is 0.0957. The van der Waals surface area contributed by atoms with Crippen LogP contribution in [0.15, 0.2) is 27.1 Å². The first-order valence-corrected chi connectivity index (χ1v) is 7.60. The molecule has 0 spiro atoms. The van der Waals surface area contributed by atoms with Crippen molar-refractivity contribution >= 4 is 31.9 Å². The van der Waals surface area contributed by atoms with Gasteiger partial charge in [-0.15, -0.1) is 0 Å². The Morgan fingerprint density at radius 3 is 2.44 bits per heavy atom. The second kappa shape index (κ2) is 7.60. The quantitative estimate of drug-likeness (QED) is 0.712. The number of rotatable bonds is 6. The molecule has 0 heterocycles. The third-order valence-electron chi connectivity index (χ3n) is 3.19. The largest absolute Gasteiger partial charge is 0.396 e. The molecule has 3 nitrogen and oxygen atoms in total. The van der Waals surface area contributed by atoms with Gasteiger partial charge in [-0.3, -0.25) is 0 Å². The summed E-state index contributed by atoms with van der Waals surface area (Å²) in [7, 11) is 0. The van der Waals surface area contributed by atoms with E-state index in [1.165, 1.54) is 0 Å². The van der Waals surface area contributed by atoms with E-state index in [0.717, 1.165) is 14.5 Å². The van der Waals surface area contributed by atoms with Gasteiger partial charge in [0, 0.05) is 34.2 Å². The Kier molecular flexibility index (Phi) is 6.81. The van der Waals surface area contributed by atoms with Gasteiger partial charge in [0.05, 0.1) is 0 Å². The number of benzene rings is 1. The molecule has 1 rings (SSSR count). The molecule has 0 saturated heterocycles. The number of halogens is 2. The molecule has 0 bridgehead atoms. The fourth-order valence-electron chi connectivity index (χ4n) is 1.67. The van der Waals surface area contributed by atoms with Crippen LogP contribution >= 0.6 is 31.9 Å². The van der Waals surface area contributed by atoms with Crippen molar-refractivity contribution in [3.63, 3.8) is 0 Å². The molecule has 0 amide bonds. The fourth-order valence-corrected chi connectivity index (χ4v) is 2.31. The van der Waals surface area contributed by atoms with Crippen molar-refractivity contribution in [1.29, 1.82) is 0 Å². The van der Waals surface area contributed by atoms with Crippen LogP contribution in [-0.2, 0) is 0 Å². The van der Waals surface area contributed by atoms with Gasteiger partial charge in [0.25, 0.3) is 0 Å². The molecule has 4 N–H and O–H groups in total. The lowest BCUT2D eigenvalue weighted by Gasteiger charge is -2.26. The number of aliphatic hydroxyl groups is 1. The molecule has 3 atom stereocenters. The lowest BCUT2D eigenvalue weighted by Crippen LogP contribution is -2.39. The average molecular weight is 380 g/mol. The van der Waals surface area contributed by atoms with E-state index in [1.54, 1.807) is 0 Å². The zero-order valence-corrected chi connectivity index (χ0v) is 13.8. The molecular formula is C13H20Br2N2O. The molecule has 0 fully saturated rings. The van der Waals surface area contributed by atoms with Crippen LogP contribution in [-0.4, -0.2) is 24.3 Å². The number of aliphatic hydroxyl groups excluding tert-OH is 1. The molecule has 0 aliphatic carbocycles. The summed E-state index contributed by atoms with van der Waals surface area (Å²) in [5, 5.41) is 12.6. The van der Waals surface area contributed by atoms with Gasteiger partial charge in [0.15, 0.2) is 0 Å². The zero-order valence-electron chi connectivity index (χ0n) is 10.7. The molecule has 0 saturated carbocycles. The summed E-state index contributed by atoms with van der Waals surface area (Å²) in [4.78, 5) is 0. The molecular weight excluding hydrogens is 360 g/mol. The van der Waals surface area contributed by atoms with Crippen LogP contribution in [0.4, 0.5) is 0 Å². The Morgan fingerprint density at radius 1 is 1.28 bits per heavy atom. The highest BCUT2D eigenvalue weighted by molar-refractivity contribution is 9.13. The van der Waals surface area contributed by atoms with Crippen LogP contribution in [0.2, 0.25) is 0 Å². The van der Waals surface area contributed by atoms with Crippen LogP contribution in [0, 0.1) is 5.92 Å². The van der Waals surface area contributed by atoms with Crippen LogP contribution in [0.25, 0.3) is 0 Å². The molecule has 18 heavy (non-hydrogen) atoms. The normalized spacial score (nSPS) is 16.3. The van der Waals surface area contributed by atoms with Gasteiger partial charge in [-0.1, -0.05) is 13.0 Å².